The first-order valence-corrected chi connectivity index (χ1v) is 13.2. The largest absolute Gasteiger partial charge is 0.347 e. The number of para-hydroxylation sites is 1. The molecule has 2 N–H and O–H groups in total. The number of anilines is 1. The number of piperidine rings is 3. The lowest BCUT2D eigenvalue weighted by Crippen LogP contribution is -2.62. The Morgan fingerprint density at radius 3 is 2.59 bits per heavy atom. The number of sulfonamides is 1. The zero-order valence-electron chi connectivity index (χ0n) is 16.4. The molecule has 0 unspecified atom stereocenters. The molecule has 2 aromatic rings. The quantitative estimate of drug-likeness (QED) is 0.703. The van der Waals surface area contributed by atoms with Gasteiger partial charge in [-0.1, -0.05) is 23.9 Å². The topological polar surface area (TPSA) is 78.5 Å². The minimum atomic E-state index is -3.35. The number of hydrogen-bond donors (Lipinski definition) is 2. The highest BCUT2D eigenvalue weighted by atomic mass is 32.2. The van der Waals surface area contributed by atoms with Gasteiger partial charge in [-0.25, -0.2) is 8.42 Å². The summed E-state index contributed by atoms with van der Waals surface area (Å²) in [5, 5.41) is 3.26. The first-order valence-electron chi connectivity index (χ1n) is 9.69. The molecule has 9 heteroatoms. The molecule has 1 aromatic carbocycles. The van der Waals surface area contributed by atoms with Crippen LogP contribution in [0.3, 0.4) is 0 Å². The lowest BCUT2D eigenvalue weighted by atomic mass is 9.79. The Balaban J connectivity index is 1.45. The Labute approximate surface area is 180 Å². The van der Waals surface area contributed by atoms with Crippen LogP contribution in [0.5, 0.6) is 0 Å². The van der Waals surface area contributed by atoms with Crippen LogP contribution in [0.15, 0.2) is 45.5 Å². The van der Waals surface area contributed by atoms with Crippen molar-refractivity contribution in [3.63, 3.8) is 0 Å². The second-order valence-corrected chi connectivity index (χ2v) is 11.9. The van der Waals surface area contributed by atoms with E-state index < -0.39 is 10.0 Å². The molecule has 4 heterocycles. The average Bonchev–Trinajstić information content (AvgIpc) is 3.14. The molecule has 156 valence electrons. The first-order chi connectivity index (χ1) is 13.8. The third kappa shape index (κ3) is 4.79. The monoisotopic (exact) mass is 451 g/mol. The minimum absolute atomic E-state index is 0.0185. The molecule has 0 spiro atoms. The number of benzene rings is 1. The molecule has 29 heavy (non-hydrogen) atoms. The number of thiophene rings is 1. The maximum atomic E-state index is 12.8. The lowest BCUT2D eigenvalue weighted by molar-refractivity contribution is 0.0218. The van der Waals surface area contributed by atoms with Gasteiger partial charge in [-0.3, -0.25) is 14.4 Å². The third-order valence-electron chi connectivity index (χ3n) is 5.67. The Hall–Kier alpha value is -1.55. The van der Waals surface area contributed by atoms with Gasteiger partial charge >= 0.3 is 0 Å². The van der Waals surface area contributed by atoms with Gasteiger partial charge in [0, 0.05) is 17.0 Å². The highest BCUT2D eigenvalue weighted by molar-refractivity contribution is 8.01. The Bertz CT molecular complexity index is 995. The van der Waals surface area contributed by atoms with Crippen LogP contribution in [0.4, 0.5) is 5.69 Å². The van der Waals surface area contributed by atoms with E-state index in [2.05, 4.69) is 21.9 Å². The molecular formula is C20H25N3O3S3. The molecule has 0 saturated carbocycles. The summed E-state index contributed by atoms with van der Waals surface area (Å²) in [6, 6.07) is 11.6. The standard InChI is InChI=1S/C20H25N3O3S3/c1-13-19(14-9-11-23(13)12-10-14)21-20(24)17-7-8-18(28-17)27-16-6-4-3-5-15(16)22-29(2,25)26/h3-8,13-14,19,22H,9-12H2,1-2H3,(H,21,24)/t13-,19+/m1/s1. The van der Waals surface area contributed by atoms with Crippen molar-refractivity contribution < 1.29 is 13.2 Å². The van der Waals surface area contributed by atoms with Crippen molar-refractivity contribution in [3.8, 4) is 0 Å². The Morgan fingerprint density at radius 1 is 1.17 bits per heavy atom. The second kappa shape index (κ2) is 8.29. The summed E-state index contributed by atoms with van der Waals surface area (Å²) < 4.78 is 26.7. The zero-order chi connectivity index (χ0) is 20.6. The summed E-state index contributed by atoms with van der Waals surface area (Å²) in [7, 11) is -3.35. The number of nitrogens with one attached hydrogen (secondary N) is 2. The van der Waals surface area contributed by atoms with E-state index in [0.29, 0.717) is 22.5 Å². The molecule has 2 atom stereocenters. The summed E-state index contributed by atoms with van der Waals surface area (Å²) in [6.07, 6.45) is 3.45. The van der Waals surface area contributed by atoms with Gasteiger partial charge in [-0.2, -0.15) is 0 Å². The van der Waals surface area contributed by atoms with Crippen LogP contribution >= 0.6 is 23.1 Å². The molecule has 1 amide bonds. The molecule has 5 rings (SSSR count). The second-order valence-electron chi connectivity index (χ2n) is 7.70. The lowest BCUT2D eigenvalue weighted by Gasteiger charge is -2.49. The predicted molar refractivity (Wildman–Crippen MR) is 118 cm³/mol. The van der Waals surface area contributed by atoms with E-state index in [1.165, 1.54) is 23.1 Å². The van der Waals surface area contributed by atoms with Gasteiger partial charge in [0.2, 0.25) is 10.0 Å². The first kappa shape index (κ1) is 20.7. The van der Waals surface area contributed by atoms with E-state index in [4.69, 9.17) is 0 Å². The van der Waals surface area contributed by atoms with Gasteiger partial charge in [0.15, 0.2) is 0 Å². The fourth-order valence-corrected chi connectivity index (χ4v) is 6.93. The van der Waals surface area contributed by atoms with Crippen LogP contribution in [-0.2, 0) is 10.0 Å². The number of fused-ring (bicyclic) bond motifs is 3. The summed E-state index contributed by atoms with van der Waals surface area (Å²) in [5.74, 6) is 0.552. The summed E-state index contributed by atoms with van der Waals surface area (Å²) in [4.78, 5) is 16.8. The highest BCUT2D eigenvalue weighted by Gasteiger charge is 2.40. The Morgan fingerprint density at radius 2 is 1.90 bits per heavy atom. The van der Waals surface area contributed by atoms with Gasteiger partial charge in [0.25, 0.3) is 5.91 Å². The third-order valence-corrected chi connectivity index (χ3v) is 8.56. The molecule has 3 saturated heterocycles. The number of carbonyl (C=O) groups is 1. The van der Waals surface area contributed by atoms with Crippen LogP contribution in [0.1, 0.15) is 29.4 Å². The SMILES string of the molecule is C[C@@H]1[C@H](NC(=O)c2ccc(Sc3ccccc3NS(C)(=O)=O)s2)C2CCN1CC2. The van der Waals surface area contributed by atoms with Crippen molar-refractivity contribution in [2.45, 2.75) is 41.0 Å². The van der Waals surface area contributed by atoms with Crippen molar-refractivity contribution in [2.75, 3.05) is 24.1 Å². The molecule has 0 aliphatic carbocycles. The van der Waals surface area contributed by atoms with Crippen molar-refractivity contribution >= 4 is 44.7 Å². The van der Waals surface area contributed by atoms with E-state index in [-0.39, 0.29) is 11.9 Å². The van der Waals surface area contributed by atoms with Gasteiger partial charge in [-0.15, -0.1) is 11.3 Å². The number of amides is 1. The molecule has 3 aliphatic rings. The predicted octanol–water partition coefficient (Wildman–Crippen LogP) is 3.48. The molecule has 6 nitrogen and oxygen atoms in total. The maximum absolute atomic E-state index is 12.8. The molecule has 0 radical (unpaired) electrons. The molecule has 1 aromatic heterocycles. The van der Waals surface area contributed by atoms with Gasteiger partial charge < -0.3 is 5.32 Å². The van der Waals surface area contributed by atoms with Crippen molar-refractivity contribution in [1.29, 1.82) is 0 Å². The van der Waals surface area contributed by atoms with Crippen molar-refractivity contribution in [3.05, 3.63) is 41.3 Å². The van der Waals surface area contributed by atoms with Gasteiger partial charge in [0.1, 0.15) is 0 Å². The number of rotatable bonds is 6. The van der Waals surface area contributed by atoms with E-state index in [9.17, 15) is 13.2 Å². The zero-order valence-corrected chi connectivity index (χ0v) is 18.9. The van der Waals surface area contributed by atoms with E-state index >= 15 is 0 Å². The van der Waals surface area contributed by atoms with Crippen LogP contribution in [0.25, 0.3) is 0 Å². The average molecular weight is 452 g/mol. The van der Waals surface area contributed by atoms with Gasteiger partial charge in [-0.05, 0) is 63.0 Å². The molecule has 3 fully saturated rings. The fourth-order valence-electron chi connectivity index (χ4n) is 4.21. The van der Waals surface area contributed by atoms with Gasteiger partial charge in [0.05, 0.1) is 21.0 Å². The number of carbonyl (C=O) groups excluding carboxylic acids is 1. The maximum Gasteiger partial charge on any atom is 0.261 e. The minimum Gasteiger partial charge on any atom is -0.347 e. The van der Waals surface area contributed by atoms with E-state index in [0.717, 1.165) is 41.3 Å². The number of nitrogens with zero attached hydrogens (tertiary/aromatic N) is 1. The Kier molecular flexibility index (Phi) is 5.92. The highest BCUT2D eigenvalue weighted by Crippen LogP contribution is 2.38. The van der Waals surface area contributed by atoms with Crippen LogP contribution < -0.4 is 10.0 Å². The van der Waals surface area contributed by atoms with Crippen molar-refractivity contribution in [1.82, 2.24) is 10.2 Å². The normalized spacial score (nSPS) is 26.3. The smallest absolute Gasteiger partial charge is 0.261 e. The summed E-state index contributed by atoms with van der Waals surface area (Å²) in [6.45, 7) is 4.48. The summed E-state index contributed by atoms with van der Waals surface area (Å²) in [5.41, 5.74) is 0.542. The molecule has 2 bridgehead atoms. The van der Waals surface area contributed by atoms with Crippen LogP contribution in [0, 0.1) is 5.92 Å². The molecule has 3 aliphatic heterocycles. The summed E-state index contributed by atoms with van der Waals surface area (Å²) >= 11 is 2.89. The van der Waals surface area contributed by atoms with Crippen LogP contribution in [-0.4, -0.2) is 50.7 Å². The molecular weight excluding hydrogens is 426 g/mol. The van der Waals surface area contributed by atoms with Crippen molar-refractivity contribution in [2.24, 2.45) is 5.92 Å². The fraction of sp³-hybridized carbons (Fsp3) is 0.450. The van der Waals surface area contributed by atoms with E-state index in [1.807, 2.05) is 24.3 Å². The van der Waals surface area contributed by atoms with Crippen LogP contribution in [0.2, 0.25) is 0 Å². The van der Waals surface area contributed by atoms with E-state index in [1.54, 1.807) is 12.1 Å². The number of hydrogen-bond acceptors (Lipinski definition) is 6.